The molecule has 0 N–H and O–H groups in total. The lowest BCUT2D eigenvalue weighted by Gasteiger charge is -2.13. The molecule has 2 heterocycles. The molecule has 2 aromatic heterocycles. The van der Waals surface area contributed by atoms with Crippen LogP contribution in [0, 0.1) is 0 Å². The predicted octanol–water partition coefficient (Wildman–Crippen LogP) is 2.39. The molecule has 0 radical (unpaired) electrons. The van der Waals surface area contributed by atoms with Crippen molar-refractivity contribution in [2.24, 2.45) is 0 Å². The van der Waals surface area contributed by atoms with Crippen molar-refractivity contribution in [3.05, 3.63) is 62.9 Å². The van der Waals surface area contributed by atoms with Crippen LogP contribution >= 0.6 is 11.3 Å². The van der Waals surface area contributed by atoms with Gasteiger partial charge in [-0.25, -0.2) is 4.40 Å². The first-order chi connectivity index (χ1) is 13.7. The standard InChI is InChI=1S/C20H17N3O4S/c1-25-14-10-13(11-15(26-2)17(14)27-3)18-21-22-20-23(18)19(24)16(28-20)9-12-7-5-4-6-8-12/h4-11H,1-3H3. The maximum atomic E-state index is 13.0. The summed E-state index contributed by atoms with van der Waals surface area (Å²) < 4.78 is 18.2. The molecule has 0 spiro atoms. The number of benzene rings is 2. The molecule has 0 saturated heterocycles. The van der Waals surface area contributed by atoms with Crippen LogP contribution in [0.15, 0.2) is 47.3 Å². The molecule has 0 bridgehead atoms. The monoisotopic (exact) mass is 395 g/mol. The zero-order valence-electron chi connectivity index (χ0n) is 15.5. The average Bonchev–Trinajstić information content (AvgIpc) is 3.28. The Kier molecular flexibility index (Phi) is 4.70. The molecule has 2 aromatic carbocycles. The van der Waals surface area contributed by atoms with Crippen molar-refractivity contribution in [2.75, 3.05) is 21.3 Å². The van der Waals surface area contributed by atoms with Crippen molar-refractivity contribution in [3.63, 3.8) is 0 Å². The summed E-state index contributed by atoms with van der Waals surface area (Å²) in [5.74, 6) is 1.85. The van der Waals surface area contributed by atoms with Gasteiger partial charge in [-0.15, -0.1) is 10.2 Å². The third kappa shape index (κ3) is 2.97. The van der Waals surface area contributed by atoms with Gasteiger partial charge in [-0.05, 0) is 23.8 Å². The van der Waals surface area contributed by atoms with Gasteiger partial charge in [-0.3, -0.25) is 4.79 Å². The van der Waals surface area contributed by atoms with Crippen LogP contribution in [0.2, 0.25) is 0 Å². The quantitative estimate of drug-likeness (QED) is 0.517. The zero-order chi connectivity index (χ0) is 19.7. The van der Waals surface area contributed by atoms with Gasteiger partial charge in [0.2, 0.25) is 10.7 Å². The largest absolute Gasteiger partial charge is 0.493 e. The maximum absolute atomic E-state index is 13.0. The number of thiazole rings is 1. The summed E-state index contributed by atoms with van der Waals surface area (Å²) in [4.78, 5) is 13.5. The van der Waals surface area contributed by atoms with E-state index in [2.05, 4.69) is 10.2 Å². The highest BCUT2D eigenvalue weighted by Gasteiger charge is 2.19. The predicted molar refractivity (Wildman–Crippen MR) is 107 cm³/mol. The van der Waals surface area contributed by atoms with E-state index >= 15 is 0 Å². The molecule has 4 rings (SSSR count). The van der Waals surface area contributed by atoms with Gasteiger partial charge in [0.25, 0.3) is 5.56 Å². The average molecular weight is 395 g/mol. The van der Waals surface area contributed by atoms with Crippen LogP contribution in [0.1, 0.15) is 5.56 Å². The number of hydrogen-bond acceptors (Lipinski definition) is 7. The minimum Gasteiger partial charge on any atom is -0.493 e. The van der Waals surface area contributed by atoms with E-state index < -0.39 is 0 Å². The molecule has 0 aliphatic rings. The number of fused-ring (bicyclic) bond motifs is 1. The highest BCUT2D eigenvalue weighted by atomic mass is 32.1. The van der Waals surface area contributed by atoms with Crippen molar-refractivity contribution in [1.82, 2.24) is 14.6 Å². The molecule has 0 unspecified atom stereocenters. The van der Waals surface area contributed by atoms with Crippen molar-refractivity contribution in [3.8, 4) is 28.6 Å². The Labute approximate surface area is 164 Å². The molecule has 0 fully saturated rings. The van der Waals surface area contributed by atoms with Crippen LogP contribution in [-0.4, -0.2) is 35.9 Å². The highest BCUT2D eigenvalue weighted by Crippen LogP contribution is 2.40. The number of nitrogens with zero attached hydrogens (tertiary/aromatic N) is 3. The Morgan fingerprint density at radius 2 is 1.64 bits per heavy atom. The Bertz CT molecular complexity index is 1220. The molecule has 4 aromatic rings. The van der Waals surface area contributed by atoms with Crippen molar-refractivity contribution in [2.45, 2.75) is 0 Å². The molecular formula is C20H17N3O4S. The number of rotatable bonds is 5. The molecule has 0 aliphatic heterocycles. The molecule has 142 valence electrons. The number of methoxy groups -OCH3 is 3. The summed E-state index contributed by atoms with van der Waals surface area (Å²) in [6.07, 6.45) is 1.85. The first-order valence-electron chi connectivity index (χ1n) is 8.41. The fraction of sp³-hybridized carbons (Fsp3) is 0.150. The molecule has 0 saturated carbocycles. The van der Waals surface area contributed by atoms with Gasteiger partial charge in [0.15, 0.2) is 17.3 Å². The molecule has 0 atom stereocenters. The minimum atomic E-state index is -0.169. The van der Waals surface area contributed by atoms with Gasteiger partial charge in [0.1, 0.15) is 0 Å². The summed E-state index contributed by atoms with van der Waals surface area (Å²) >= 11 is 1.30. The smallest absolute Gasteiger partial charge is 0.276 e. The van der Waals surface area contributed by atoms with Gasteiger partial charge in [0, 0.05) is 5.56 Å². The first kappa shape index (κ1) is 18.0. The second-order valence-electron chi connectivity index (χ2n) is 5.88. The fourth-order valence-corrected chi connectivity index (χ4v) is 3.87. The van der Waals surface area contributed by atoms with Crippen molar-refractivity contribution < 1.29 is 14.2 Å². The van der Waals surface area contributed by atoms with E-state index in [-0.39, 0.29) is 5.56 Å². The fourth-order valence-electron chi connectivity index (χ4n) is 2.96. The third-order valence-corrected chi connectivity index (χ3v) is 5.23. The van der Waals surface area contributed by atoms with Gasteiger partial charge in [0.05, 0.1) is 25.9 Å². The van der Waals surface area contributed by atoms with Crippen LogP contribution in [0.25, 0.3) is 22.4 Å². The second-order valence-corrected chi connectivity index (χ2v) is 6.89. The van der Waals surface area contributed by atoms with E-state index in [1.807, 2.05) is 36.4 Å². The number of aromatic nitrogens is 3. The summed E-state index contributed by atoms with van der Waals surface area (Å²) in [6.45, 7) is 0. The maximum Gasteiger partial charge on any atom is 0.276 e. The third-order valence-electron chi connectivity index (χ3n) is 4.27. The Hall–Kier alpha value is -3.39. The topological polar surface area (TPSA) is 75.0 Å². The molecule has 28 heavy (non-hydrogen) atoms. The van der Waals surface area contributed by atoms with Crippen molar-refractivity contribution >= 4 is 22.4 Å². The first-order valence-corrected chi connectivity index (χ1v) is 9.23. The molecule has 0 aliphatic carbocycles. The van der Waals surface area contributed by atoms with Crippen LogP contribution in [-0.2, 0) is 0 Å². The van der Waals surface area contributed by atoms with E-state index in [0.717, 1.165) is 5.56 Å². The van der Waals surface area contributed by atoms with Gasteiger partial charge in [-0.1, -0.05) is 41.7 Å². The summed E-state index contributed by atoms with van der Waals surface area (Å²) in [6, 6.07) is 13.2. The summed E-state index contributed by atoms with van der Waals surface area (Å²) in [5, 5.41) is 8.37. The van der Waals surface area contributed by atoms with E-state index in [9.17, 15) is 4.79 Å². The highest BCUT2D eigenvalue weighted by molar-refractivity contribution is 7.15. The van der Waals surface area contributed by atoms with E-state index in [4.69, 9.17) is 14.2 Å². The van der Waals surface area contributed by atoms with E-state index in [1.165, 1.54) is 37.1 Å². The van der Waals surface area contributed by atoms with E-state index in [0.29, 0.717) is 38.1 Å². The molecular weight excluding hydrogens is 378 g/mol. The minimum absolute atomic E-state index is 0.169. The summed E-state index contributed by atoms with van der Waals surface area (Å²) in [5.41, 5.74) is 1.42. The zero-order valence-corrected chi connectivity index (χ0v) is 16.3. The SMILES string of the molecule is COc1cc(-c2nnc3sc(=Cc4ccccc4)c(=O)n23)cc(OC)c1OC. The van der Waals surface area contributed by atoms with Crippen LogP contribution < -0.4 is 24.3 Å². The summed E-state index contributed by atoms with van der Waals surface area (Å²) in [7, 11) is 4.61. The lowest BCUT2D eigenvalue weighted by Crippen LogP contribution is -2.23. The molecule has 7 nitrogen and oxygen atoms in total. The normalized spacial score (nSPS) is 11.8. The number of ether oxygens (including phenoxy) is 3. The second kappa shape index (κ2) is 7.32. The lowest BCUT2D eigenvalue weighted by molar-refractivity contribution is 0.324. The lowest BCUT2D eigenvalue weighted by atomic mass is 10.1. The van der Waals surface area contributed by atoms with Crippen LogP contribution in [0.4, 0.5) is 0 Å². The van der Waals surface area contributed by atoms with E-state index in [1.54, 1.807) is 12.1 Å². The van der Waals surface area contributed by atoms with Crippen molar-refractivity contribution in [1.29, 1.82) is 0 Å². The van der Waals surface area contributed by atoms with Crippen LogP contribution in [0.3, 0.4) is 0 Å². The Morgan fingerprint density at radius 1 is 0.964 bits per heavy atom. The Morgan fingerprint density at radius 3 is 2.25 bits per heavy atom. The molecule has 0 amide bonds. The van der Waals surface area contributed by atoms with Gasteiger partial charge >= 0.3 is 0 Å². The Balaban J connectivity index is 1.92. The molecule has 8 heteroatoms. The van der Waals surface area contributed by atoms with Gasteiger partial charge in [-0.2, -0.15) is 0 Å². The number of hydrogen-bond donors (Lipinski definition) is 0. The van der Waals surface area contributed by atoms with Gasteiger partial charge < -0.3 is 14.2 Å². The van der Waals surface area contributed by atoms with Crippen LogP contribution in [0.5, 0.6) is 17.2 Å².